The smallest absolute Gasteiger partial charge is 0.410 e. The number of hydrogen-bond donors (Lipinski definition) is 1. The van der Waals surface area contributed by atoms with Crippen molar-refractivity contribution in [2.45, 2.75) is 76.6 Å². The van der Waals surface area contributed by atoms with Crippen LogP contribution in [0.4, 0.5) is 4.79 Å². The molecule has 3 fully saturated rings. The second kappa shape index (κ2) is 5.93. The van der Waals surface area contributed by atoms with Crippen LogP contribution in [0.5, 0.6) is 0 Å². The van der Waals surface area contributed by atoms with Crippen LogP contribution in [0.15, 0.2) is 0 Å². The number of carbonyl (C=O) groups excluding carboxylic acids is 2. The van der Waals surface area contributed by atoms with Gasteiger partial charge >= 0.3 is 12.1 Å². The Hall–Kier alpha value is -1.79. The molecule has 3 saturated heterocycles. The summed E-state index contributed by atoms with van der Waals surface area (Å²) in [6.07, 6.45) is 3.10. The van der Waals surface area contributed by atoms with Crippen LogP contribution in [0.1, 0.15) is 52.9 Å². The summed E-state index contributed by atoms with van der Waals surface area (Å²) >= 11 is 0. The maximum Gasteiger partial charge on any atom is 0.410 e. The van der Waals surface area contributed by atoms with Crippen LogP contribution in [0.25, 0.3) is 0 Å². The van der Waals surface area contributed by atoms with Crippen molar-refractivity contribution >= 4 is 18.0 Å². The zero-order valence-electron chi connectivity index (χ0n) is 14.5. The minimum Gasteiger partial charge on any atom is -0.481 e. The summed E-state index contributed by atoms with van der Waals surface area (Å²) in [7, 11) is 0. The fraction of sp³-hybridized carbons (Fsp3) is 0.824. The Morgan fingerprint density at radius 3 is 2.17 bits per heavy atom. The summed E-state index contributed by atoms with van der Waals surface area (Å²) in [6.45, 7) is 5.86. The molecule has 3 rings (SSSR count). The lowest BCUT2D eigenvalue weighted by atomic mass is 9.96. The van der Waals surface area contributed by atoms with Crippen LogP contribution in [0.3, 0.4) is 0 Å². The van der Waals surface area contributed by atoms with Crippen molar-refractivity contribution in [1.82, 2.24) is 9.80 Å². The molecule has 0 aliphatic carbocycles. The van der Waals surface area contributed by atoms with Gasteiger partial charge in [0.2, 0.25) is 5.91 Å². The first-order chi connectivity index (χ1) is 11.2. The highest BCUT2D eigenvalue weighted by atomic mass is 16.6. The number of likely N-dealkylation sites (tertiary alicyclic amines) is 1. The average Bonchev–Trinajstić information content (AvgIpc) is 2.95. The summed E-state index contributed by atoms with van der Waals surface area (Å²) < 4.78 is 5.52. The maximum atomic E-state index is 12.5. The summed E-state index contributed by atoms with van der Waals surface area (Å²) in [5.41, 5.74) is -0.521. The number of carboxylic acids is 1. The molecule has 0 saturated carbocycles. The number of carboxylic acid groups (broad SMARTS) is 1. The monoisotopic (exact) mass is 338 g/mol. The van der Waals surface area contributed by atoms with E-state index in [4.69, 9.17) is 9.84 Å². The molecular formula is C17H26N2O5. The number of nitrogens with zero attached hydrogens (tertiary/aromatic N) is 2. The number of fused-ring (bicyclic) bond motifs is 2. The summed E-state index contributed by atoms with van der Waals surface area (Å²) in [5.74, 6) is -1.57. The van der Waals surface area contributed by atoms with Gasteiger partial charge in [-0.1, -0.05) is 0 Å². The first-order valence-corrected chi connectivity index (χ1v) is 8.69. The van der Waals surface area contributed by atoms with E-state index >= 15 is 0 Å². The van der Waals surface area contributed by atoms with Gasteiger partial charge < -0.3 is 19.6 Å². The normalized spacial score (nSPS) is 33.0. The van der Waals surface area contributed by atoms with E-state index in [-0.39, 0.29) is 36.5 Å². The Labute approximate surface area is 141 Å². The highest BCUT2D eigenvalue weighted by Crippen LogP contribution is 2.40. The molecular weight excluding hydrogens is 312 g/mol. The molecule has 0 radical (unpaired) electrons. The van der Waals surface area contributed by atoms with Gasteiger partial charge in [0.15, 0.2) is 0 Å². The van der Waals surface area contributed by atoms with Gasteiger partial charge in [0.25, 0.3) is 0 Å². The van der Waals surface area contributed by atoms with Crippen LogP contribution in [-0.2, 0) is 14.3 Å². The lowest BCUT2D eigenvalue weighted by Gasteiger charge is -2.42. The van der Waals surface area contributed by atoms with Gasteiger partial charge in [0.05, 0.1) is 5.92 Å². The standard InChI is InChI=1S/C17H26N2O5/c1-17(2,3)24-16(23)19-11-4-5-12(19)8-13(7-11)18-9-10(15(21)22)6-14(18)20/h10-13H,4-9H2,1-3H3,(H,21,22)/t10?,11-,12+,13?. The van der Waals surface area contributed by atoms with E-state index in [9.17, 15) is 14.4 Å². The largest absolute Gasteiger partial charge is 0.481 e. The first-order valence-electron chi connectivity index (χ1n) is 8.69. The molecule has 3 heterocycles. The molecule has 3 aliphatic rings. The number of ether oxygens (including phenoxy) is 1. The molecule has 7 nitrogen and oxygen atoms in total. The third kappa shape index (κ3) is 3.21. The molecule has 0 spiro atoms. The topological polar surface area (TPSA) is 87.2 Å². The minimum atomic E-state index is -0.903. The lowest BCUT2D eigenvalue weighted by molar-refractivity contribution is -0.141. The van der Waals surface area contributed by atoms with E-state index in [1.807, 2.05) is 25.7 Å². The predicted octanol–water partition coefficient (Wildman–Crippen LogP) is 1.85. The van der Waals surface area contributed by atoms with Crippen molar-refractivity contribution in [2.24, 2.45) is 5.92 Å². The lowest BCUT2D eigenvalue weighted by Crippen LogP contribution is -2.53. The number of piperidine rings is 1. The Morgan fingerprint density at radius 2 is 1.71 bits per heavy atom. The summed E-state index contributed by atoms with van der Waals surface area (Å²) in [5, 5.41) is 9.14. The molecule has 2 bridgehead atoms. The number of aliphatic carboxylic acids is 1. The third-order valence-corrected chi connectivity index (χ3v) is 5.26. The number of amides is 2. The van der Waals surface area contributed by atoms with E-state index in [2.05, 4.69) is 0 Å². The molecule has 2 unspecified atom stereocenters. The van der Waals surface area contributed by atoms with Crippen LogP contribution in [0, 0.1) is 5.92 Å². The minimum absolute atomic E-state index is 0.0398. The Morgan fingerprint density at radius 1 is 1.12 bits per heavy atom. The quantitative estimate of drug-likeness (QED) is 0.830. The van der Waals surface area contributed by atoms with E-state index < -0.39 is 17.5 Å². The average molecular weight is 338 g/mol. The van der Waals surface area contributed by atoms with Crippen molar-refractivity contribution in [1.29, 1.82) is 0 Å². The van der Waals surface area contributed by atoms with Crippen molar-refractivity contribution in [3.8, 4) is 0 Å². The Kier molecular flexibility index (Phi) is 4.21. The first kappa shape index (κ1) is 17.0. The second-order valence-corrected chi connectivity index (χ2v) is 8.18. The fourth-order valence-electron chi connectivity index (χ4n) is 4.27. The molecule has 0 aromatic carbocycles. The molecule has 0 aromatic heterocycles. The Balaban J connectivity index is 1.66. The van der Waals surface area contributed by atoms with Crippen molar-refractivity contribution in [3.63, 3.8) is 0 Å². The molecule has 3 aliphatic heterocycles. The van der Waals surface area contributed by atoms with Gasteiger partial charge in [-0.2, -0.15) is 0 Å². The molecule has 1 N–H and O–H groups in total. The van der Waals surface area contributed by atoms with Gasteiger partial charge in [-0.15, -0.1) is 0 Å². The van der Waals surface area contributed by atoms with Crippen LogP contribution >= 0.6 is 0 Å². The number of rotatable bonds is 2. The van der Waals surface area contributed by atoms with Gasteiger partial charge in [0.1, 0.15) is 5.60 Å². The second-order valence-electron chi connectivity index (χ2n) is 8.18. The van der Waals surface area contributed by atoms with Gasteiger partial charge in [-0.05, 0) is 46.5 Å². The fourth-order valence-corrected chi connectivity index (χ4v) is 4.27. The van der Waals surface area contributed by atoms with E-state index in [1.54, 1.807) is 4.90 Å². The summed E-state index contributed by atoms with van der Waals surface area (Å²) in [4.78, 5) is 39.4. The summed E-state index contributed by atoms with van der Waals surface area (Å²) in [6, 6.07) is 0.207. The molecule has 4 atom stereocenters. The van der Waals surface area contributed by atoms with E-state index in [1.165, 1.54) is 0 Å². The van der Waals surface area contributed by atoms with Crippen LogP contribution in [-0.4, -0.2) is 63.1 Å². The Bertz CT molecular complexity index is 542. The zero-order chi connectivity index (χ0) is 17.6. The SMILES string of the molecule is CC(C)(C)OC(=O)N1[C@@H]2CC[C@H]1CC(N1CC(C(=O)O)CC1=O)C2. The third-order valence-electron chi connectivity index (χ3n) is 5.26. The zero-order valence-corrected chi connectivity index (χ0v) is 14.5. The van der Waals surface area contributed by atoms with Crippen LogP contribution < -0.4 is 0 Å². The molecule has 7 heteroatoms. The molecule has 2 amide bonds. The molecule has 0 aromatic rings. The van der Waals surface area contributed by atoms with Crippen molar-refractivity contribution < 1.29 is 24.2 Å². The van der Waals surface area contributed by atoms with Gasteiger partial charge in [-0.25, -0.2) is 4.79 Å². The maximum absolute atomic E-state index is 12.5. The predicted molar refractivity (Wildman–Crippen MR) is 85.4 cm³/mol. The van der Waals surface area contributed by atoms with Gasteiger partial charge in [0, 0.05) is 31.1 Å². The highest BCUT2D eigenvalue weighted by Gasteiger charge is 2.48. The van der Waals surface area contributed by atoms with Crippen molar-refractivity contribution in [2.75, 3.05) is 6.54 Å². The van der Waals surface area contributed by atoms with Gasteiger partial charge in [-0.3, -0.25) is 9.59 Å². The highest BCUT2D eigenvalue weighted by molar-refractivity contribution is 5.86. The molecule has 24 heavy (non-hydrogen) atoms. The number of hydrogen-bond acceptors (Lipinski definition) is 4. The van der Waals surface area contributed by atoms with Crippen molar-refractivity contribution in [3.05, 3.63) is 0 Å². The van der Waals surface area contributed by atoms with Crippen LogP contribution in [0.2, 0.25) is 0 Å². The van der Waals surface area contributed by atoms with E-state index in [0.717, 1.165) is 12.8 Å². The van der Waals surface area contributed by atoms with E-state index in [0.29, 0.717) is 19.4 Å². The molecule has 134 valence electrons. The number of carbonyl (C=O) groups is 3.